The molecule has 0 aromatic heterocycles. The SMILES string of the molecule is C=CC[NH+]1CCN(C(=O)CCCOc2ccc(Cl)cc2C)CC1. The second-order valence-corrected chi connectivity index (χ2v) is 6.42. The Morgan fingerprint density at radius 1 is 1.43 bits per heavy atom. The maximum Gasteiger partial charge on any atom is 0.223 e. The van der Waals surface area contributed by atoms with Gasteiger partial charge in [0, 0.05) is 11.4 Å². The Hall–Kier alpha value is -1.52. The van der Waals surface area contributed by atoms with Crippen LogP contribution >= 0.6 is 11.6 Å². The van der Waals surface area contributed by atoms with E-state index in [1.807, 2.05) is 36.1 Å². The number of carbonyl (C=O) groups is 1. The van der Waals surface area contributed by atoms with E-state index in [1.54, 1.807) is 0 Å². The molecule has 0 spiro atoms. The number of rotatable bonds is 7. The Labute approximate surface area is 143 Å². The van der Waals surface area contributed by atoms with Gasteiger partial charge in [0.15, 0.2) is 0 Å². The first-order valence-electron chi connectivity index (χ1n) is 8.21. The molecule has 126 valence electrons. The molecule has 5 heteroatoms. The minimum atomic E-state index is 0.235. The zero-order chi connectivity index (χ0) is 16.7. The quantitative estimate of drug-likeness (QED) is 0.607. The van der Waals surface area contributed by atoms with Gasteiger partial charge in [-0.25, -0.2) is 0 Å². The number of halogens is 1. The van der Waals surface area contributed by atoms with E-state index in [9.17, 15) is 4.79 Å². The second-order valence-electron chi connectivity index (χ2n) is 5.99. The van der Waals surface area contributed by atoms with Crippen molar-refractivity contribution < 1.29 is 14.4 Å². The van der Waals surface area contributed by atoms with Crippen molar-refractivity contribution >= 4 is 17.5 Å². The number of carbonyl (C=O) groups excluding carboxylic acids is 1. The number of ether oxygens (including phenoxy) is 1. The predicted molar refractivity (Wildman–Crippen MR) is 93.3 cm³/mol. The first kappa shape index (κ1) is 17.8. The fourth-order valence-electron chi connectivity index (χ4n) is 2.82. The van der Waals surface area contributed by atoms with Crippen LogP contribution in [0.2, 0.25) is 5.02 Å². The monoisotopic (exact) mass is 337 g/mol. The Kier molecular flexibility index (Phi) is 6.93. The van der Waals surface area contributed by atoms with Gasteiger partial charge in [0.05, 0.1) is 39.3 Å². The third-order valence-electron chi connectivity index (χ3n) is 4.19. The van der Waals surface area contributed by atoms with E-state index >= 15 is 0 Å². The largest absolute Gasteiger partial charge is 0.493 e. The molecule has 1 aliphatic heterocycles. The highest BCUT2D eigenvalue weighted by molar-refractivity contribution is 6.30. The number of amides is 1. The van der Waals surface area contributed by atoms with Gasteiger partial charge in [0.1, 0.15) is 5.75 Å². The molecule has 1 saturated heterocycles. The smallest absolute Gasteiger partial charge is 0.223 e. The fourth-order valence-corrected chi connectivity index (χ4v) is 3.05. The summed E-state index contributed by atoms with van der Waals surface area (Å²) in [6.45, 7) is 11.0. The van der Waals surface area contributed by atoms with E-state index in [4.69, 9.17) is 16.3 Å². The molecule has 1 aromatic rings. The molecule has 0 atom stereocenters. The number of benzene rings is 1. The first-order valence-corrected chi connectivity index (χ1v) is 8.59. The van der Waals surface area contributed by atoms with Gasteiger partial charge in [-0.1, -0.05) is 18.2 Å². The molecule has 0 unspecified atom stereocenters. The number of nitrogens with one attached hydrogen (secondary N) is 1. The molecule has 4 nitrogen and oxygen atoms in total. The Morgan fingerprint density at radius 3 is 2.83 bits per heavy atom. The van der Waals surface area contributed by atoms with E-state index in [1.165, 1.54) is 4.90 Å². The summed E-state index contributed by atoms with van der Waals surface area (Å²) in [5.41, 5.74) is 1.02. The lowest BCUT2D eigenvalue weighted by atomic mass is 10.2. The van der Waals surface area contributed by atoms with E-state index in [0.717, 1.165) is 50.5 Å². The first-order chi connectivity index (χ1) is 11.1. The van der Waals surface area contributed by atoms with Crippen LogP contribution in [0.5, 0.6) is 5.75 Å². The van der Waals surface area contributed by atoms with Crippen LogP contribution < -0.4 is 9.64 Å². The van der Waals surface area contributed by atoms with Crippen LogP contribution in [-0.4, -0.2) is 50.1 Å². The van der Waals surface area contributed by atoms with Crippen LogP contribution in [0.1, 0.15) is 18.4 Å². The molecule has 1 aromatic carbocycles. The summed E-state index contributed by atoms with van der Waals surface area (Å²) in [6, 6.07) is 5.58. The summed E-state index contributed by atoms with van der Waals surface area (Å²) in [5.74, 6) is 1.07. The number of hydrogen-bond acceptors (Lipinski definition) is 2. The number of aryl methyl sites for hydroxylation is 1. The molecule has 23 heavy (non-hydrogen) atoms. The summed E-state index contributed by atoms with van der Waals surface area (Å²) < 4.78 is 5.73. The molecular weight excluding hydrogens is 312 g/mol. The van der Waals surface area contributed by atoms with Gasteiger partial charge in [-0.15, -0.1) is 0 Å². The lowest BCUT2D eigenvalue weighted by molar-refractivity contribution is -0.898. The maximum absolute atomic E-state index is 12.2. The number of hydrogen-bond donors (Lipinski definition) is 1. The number of quaternary nitrogens is 1. The molecule has 2 rings (SSSR count). The summed E-state index contributed by atoms with van der Waals surface area (Å²) in [6.07, 6.45) is 3.23. The Bertz CT molecular complexity index is 540. The van der Waals surface area contributed by atoms with Gasteiger partial charge in [-0.3, -0.25) is 4.79 Å². The summed E-state index contributed by atoms with van der Waals surface area (Å²) in [4.78, 5) is 15.7. The Morgan fingerprint density at radius 2 is 2.17 bits per heavy atom. The van der Waals surface area contributed by atoms with E-state index in [0.29, 0.717) is 18.1 Å². The van der Waals surface area contributed by atoms with Gasteiger partial charge in [0.25, 0.3) is 0 Å². The molecule has 1 amide bonds. The average molecular weight is 338 g/mol. The molecule has 1 aliphatic rings. The third-order valence-corrected chi connectivity index (χ3v) is 4.42. The molecule has 1 heterocycles. The van der Waals surface area contributed by atoms with Crippen molar-refractivity contribution in [1.29, 1.82) is 0 Å². The van der Waals surface area contributed by atoms with Gasteiger partial charge >= 0.3 is 0 Å². The fraction of sp³-hybridized carbons (Fsp3) is 0.500. The molecule has 0 aliphatic carbocycles. The normalized spacial score (nSPS) is 15.5. The maximum atomic E-state index is 12.2. The zero-order valence-electron chi connectivity index (χ0n) is 13.8. The van der Waals surface area contributed by atoms with Crippen molar-refractivity contribution in [3.8, 4) is 5.75 Å². The average Bonchev–Trinajstić information content (AvgIpc) is 2.54. The number of nitrogens with zero attached hydrogens (tertiary/aromatic N) is 1. The minimum Gasteiger partial charge on any atom is -0.493 e. The molecule has 0 bridgehead atoms. The predicted octanol–water partition coefficient (Wildman–Crippen LogP) is 1.72. The van der Waals surface area contributed by atoms with Crippen molar-refractivity contribution in [1.82, 2.24) is 4.90 Å². The lowest BCUT2D eigenvalue weighted by Gasteiger charge is -2.31. The van der Waals surface area contributed by atoms with Crippen molar-refractivity contribution in [2.45, 2.75) is 19.8 Å². The Balaban J connectivity index is 1.66. The van der Waals surface area contributed by atoms with Crippen molar-refractivity contribution in [3.05, 3.63) is 41.4 Å². The summed E-state index contributed by atoms with van der Waals surface area (Å²) >= 11 is 5.92. The van der Waals surface area contributed by atoms with Gasteiger partial charge < -0.3 is 14.5 Å². The van der Waals surface area contributed by atoms with Crippen molar-refractivity contribution in [2.75, 3.05) is 39.3 Å². The van der Waals surface area contributed by atoms with E-state index in [-0.39, 0.29) is 5.91 Å². The van der Waals surface area contributed by atoms with Gasteiger partial charge in [-0.2, -0.15) is 0 Å². The topological polar surface area (TPSA) is 34.0 Å². The highest BCUT2D eigenvalue weighted by Gasteiger charge is 2.22. The molecule has 0 radical (unpaired) electrons. The van der Waals surface area contributed by atoms with Crippen LogP contribution in [-0.2, 0) is 4.79 Å². The second kappa shape index (κ2) is 8.94. The van der Waals surface area contributed by atoms with Gasteiger partial charge in [0.2, 0.25) is 5.91 Å². The van der Waals surface area contributed by atoms with Crippen LogP contribution in [0.25, 0.3) is 0 Å². The van der Waals surface area contributed by atoms with E-state index < -0.39 is 0 Å². The van der Waals surface area contributed by atoms with Crippen LogP contribution in [0.15, 0.2) is 30.9 Å². The summed E-state index contributed by atoms with van der Waals surface area (Å²) in [7, 11) is 0. The summed E-state index contributed by atoms with van der Waals surface area (Å²) in [5, 5.41) is 0.711. The molecular formula is C18H26ClN2O2+. The zero-order valence-corrected chi connectivity index (χ0v) is 14.6. The third kappa shape index (κ3) is 5.56. The highest BCUT2D eigenvalue weighted by atomic mass is 35.5. The van der Waals surface area contributed by atoms with Crippen LogP contribution in [0.4, 0.5) is 0 Å². The van der Waals surface area contributed by atoms with Crippen LogP contribution in [0.3, 0.4) is 0 Å². The van der Waals surface area contributed by atoms with Crippen LogP contribution in [0, 0.1) is 6.92 Å². The van der Waals surface area contributed by atoms with Gasteiger partial charge in [-0.05, 0) is 43.2 Å². The number of piperazine rings is 1. The minimum absolute atomic E-state index is 0.235. The van der Waals surface area contributed by atoms with Crippen molar-refractivity contribution in [3.63, 3.8) is 0 Å². The molecule has 1 N–H and O–H groups in total. The van der Waals surface area contributed by atoms with E-state index in [2.05, 4.69) is 6.58 Å². The highest BCUT2D eigenvalue weighted by Crippen LogP contribution is 2.21. The molecule has 1 fully saturated rings. The molecule has 0 saturated carbocycles. The lowest BCUT2D eigenvalue weighted by Crippen LogP contribution is -3.14. The standard InChI is InChI=1S/C18H25ClN2O2/c1-3-8-20-9-11-21(12-10-20)18(22)5-4-13-23-17-7-6-16(19)14-15(17)2/h3,6-7,14H,1,4-5,8-13H2,2H3/p+1. The van der Waals surface area contributed by atoms with Crippen molar-refractivity contribution in [2.24, 2.45) is 0 Å².